The predicted octanol–water partition coefficient (Wildman–Crippen LogP) is 0.333. The molecule has 0 radical (unpaired) electrons. The molecule has 1 fully saturated rings. The number of nitrogens with zero attached hydrogens (tertiary/aromatic N) is 2. The Morgan fingerprint density at radius 3 is 3.05 bits per heavy atom. The van der Waals surface area contributed by atoms with Crippen LogP contribution in [-0.4, -0.2) is 43.4 Å². The number of piperidine rings is 1. The monoisotopic (exact) mass is 304 g/mol. The molecular formula is C11H20N4O2S2. The van der Waals surface area contributed by atoms with Gasteiger partial charge in [-0.05, 0) is 12.8 Å². The summed E-state index contributed by atoms with van der Waals surface area (Å²) in [7, 11) is -3.42. The minimum absolute atomic E-state index is 0.0638. The standard InChI is InChI=1S/C11H20N4O2S2/c12-9-10-3-1-2-7-15(10)19(16,17)14-5-4-11-13-6-8-18-11/h6,8,10,14H,1-5,7,9,12H2. The van der Waals surface area contributed by atoms with Crippen LogP contribution in [0, 0.1) is 0 Å². The van der Waals surface area contributed by atoms with Gasteiger partial charge in [0.05, 0.1) is 5.01 Å². The zero-order valence-corrected chi connectivity index (χ0v) is 12.4. The van der Waals surface area contributed by atoms with Crippen molar-refractivity contribution >= 4 is 21.5 Å². The second kappa shape index (κ2) is 6.76. The first-order valence-electron chi connectivity index (χ1n) is 6.48. The van der Waals surface area contributed by atoms with Crippen molar-refractivity contribution in [1.82, 2.24) is 14.0 Å². The topological polar surface area (TPSA) is 88.3 Å². The molecule has 2 heterocycles. The summed E-state index contributed by atoms with van der Waals surface area (Å²) in [6.07, 6.45) is 5.16. The van der Waals surface area contributed by atoms with E-state index < -0.39 is 10.2 Å². The van der Waals surface area contributed by atoms with E-state index in [9.17, 15) is 8.42 Å². The lowest BCUT2D eigenvalue weighted by Gasteiger charge is -2.33. The van der Waals surface area contributed by atoms with E-state index in [1.54, 1.807) is 6.20 Å². The van der Waals surface area contributed by atoms with Gasteiger partial charge in [-0.25, -0.2) is 9.71 Å². The fraction of sp³-hybridized carbons (Fsp3) is 0.727. The van der Waals surface area contributed by atoms with Gasteiger partial charge in [0, 0.05) is 43.7 Å². The lowest BCUT2D eigenvalue weighted by molar-refractivity contribution is 0.254. The first-order valence-corrected chi connectivity index (χ1v) is 8.80. The van der Waals surface area contributed by atoms with Crippen LogP contribution in [0.25, 0.3) is 0 Å². The Kier molecular flexibility index (Phi) is 5.28. The molecule has 0 amide bonds. The Bertz CT molecular complexity index is 475. The van der Waals surface area contributed by atoms with Crippen molar-refractivity contribution in [2.24, 2.45) is 5.73 Å². The molecule has 3 N–H and O–H groups in total. The molecule has 0 aliphatic carbocycles. The summed E-state index contributed by atoms with van der Waals surface area (Å²) < 4.78 is 28.6. The average Bonchev–Trinajstić information content (AvgIpc) is 2.91. The van der Waals surface area contributed by atoms with Crippen LogP contribution in [0.15, 0.2) is 11.6 Å². The normalized spacial score (nSPS) is 21.6. The molecule has 1 unspecified atom stereocenters. The number of aromatic nitrogens is 1. The number of hydrogen-bond donors (Lipinski definition) is 2. The van der Waals surface area contributed by atoms with Crippen LogP contribution >= 0.6 is 11.3 Å². The molecule has 1 aromatic rings. The van der Waals surface area contributed by atoms with Crippen molar-refractivity contribution < 1.29 is 8.42 Å². The highest BCUT2D eigenvalue weighted by Gasteiger charge is 2.30. The predicted molar refractivity (Wildman–Crippen MR) is 76.1 cm³/mol. The van der Waals surface area contributed by atoms with Gasteiger partial charge in [-0.1, -0.05) is 6.42 Å². The van der Waals surface area contributed by atoms with Crippen molar-refractivity contribution in [3.05, 3.63) is 16.6 Å². The van der Waals surface area contributed by atoms with Crippen molar-refractivity contribution in [1.29, 1.82) is 0 Å². The van der Waals surface area contributed by atoms with Gasteiger partial charge in [0.25, 0.3) is 10.2 Å². The van der Waals surface area contributed by atoms with Crippen LogP contribution in [0.1, 0.15) is 24.3 Å². The summed E-state index contributed by atoms with van der Waals surface area (Å²) in [6.45, 7) is 1.32. The molecule has 6 nitrogen and oxygen atoms in total. The second-order valence-corrected chi connectivity index (χ2v) is 7.26. The van der Waals surface area contributed by atoms with Gasteiger partial charge < -0.3 is 5.73 Å². The van der Waals surface area contributed by atoms with Crippen LogP contribution in [-0.2, 0) is 16.6 Å². The number of thiazole rings is 1. The van der Waals surface area contributed by atoms with Crippen LogP contribution in [0.4, 0.5) is 0 Å². The molecule has 1 saturated heterocycles. The second-order valence-electron chi connectivity index (χ2n) is 4.57. The van der Waals surface area contributed by atoms with Crippen molar-refractivity contribution in [2.45, 2.75) is 31.7 Å². The van der Waals surface area contributed by atoms with Gasteiger partial charge in [0.2, 0.25) is 0 Å². The first kappa shape index (κ1) is 14.9. The van der Waals surface area contributed by atoms with Crippen LogP contribution in [0.5, 0.6) is 0 Å². The van der Waals surface area contributed by atoms with E-state index in [1.807, 2.05) is 5.38 Å². The Labute approximate surface area is 118 Å². The SMILES string of the molecule is NCC1CCCCN1S(=O)(=O)NCCc1nccs1. The van der Waals surface area contributed by atoms with E-state index >= 15 is 0 Å². The van der Waals surface area contributed by atoms with Gasteiger partial charge in [-0.2, -0.15) is 12.7 Å². The fourth-order valence-corrected chi connectivity index (χ4v) is 4.37. The van der Waals surface area contributed by atoms with Crippen LogP contribution in [0.2, 0.25) is 0 Å². The zero-order valence-electron chi connectivity index (χ0n) is 10.8. The lowest BCUT2D eigenvalue weighted by Crippen LogP contribution is -2.51. The van der Waals surface area contributed by atoms with E-state index in [-0.39, 0.29) is 6.04 Å². The highest BCUT2D eigenvalue weighted by atomic mass is 32.2. The quantitative estimate of drug-likeness (QED) is 0.793. The number of hydrogen-bond acceptors (Lipinski definition) is 5. The van der Waals surface area contributed by atoms with Crippen molar-refractivity contribution in [3.63, 3.8) is 0 Å². The summed E-state index contributed by atoms with van der Waals surface area (Å²) in [5, 5.41) is 2.83. The summed E-state index contributed by atoms with van der Waals surface area (Å²) in [5.41, 5.74) is 5.65. The minimum atomic E-state index is -3.42. The zero-order chi connectivity index (χ0) is 13.7. The maximum absolute atomic E-state index is 12.2. The van der Waals surface area contributed by atoms with Gasteiger partial charge in [0.15, 0.2) is 0 Å². The molecular weight excluding hydrogens is 284 g/mol. The maximum Gasteiger partial charge on any atom is 0.279 e. The number of nitrogens with one attached hydrogen (secondary N) is 1. The van der Waals surface area contributed by atoms with Gasteiger partial charge in [-0.15, -0.1) is 11.3 Å². The summed E-state index contributed by atoms with van der Waals surface area (Å²) in [6, 6.07) is -0.0638. The van der Waals surface area contributed by atoms with Crippen LogP contribution < -0.4 is 10.5 Å². The first-order chi connectivity index (χ1) is 9.13. The van der Waals surface area contributed by atoms with E-state index in [0.717, 1.165) is 24.3 Å². The maximum atomic E-state index is 12.2. The Hall–Kier alpha value is -0.540. The molecule has 0 aromatic carbocycles. The van der Waals surface area contributed by atoms with E-state index in [4.69, 9.17) is 5.73 Å². The highest BCUT2D eigenvalue weighted by Crippen LogP contribution is 2.18. The van der Waals surface area contributed by atoms with E-state index in [1.165, 1.54) is 15.6 Å². The molecule has 2 rings (SSSR count). The molecule has 108 valence electrons. The summed E-state index contributed by atoms with van der Waals surface area (Å²) in [5.74, 6) is 0. The fourth-order valence-electron chi connectivity index (χ4n) is 2.27. The van der Waals surface area contributed by atoms with Gasteiger partial charge >= 0.3 is 0 Å². The number of nitrogens with two attached hydrogens (primary N) is 1. The number of rotatable bonds is 6. The molecule has 1 aromatic heterocycles. The third kappa shape index (κ3) is 3.96. The molecule has 1 aliphatic heterocycles. The van der Waals surface area contributed by atoms with Crippen molar-refractivity contribution in [3.8, 4) is 0 Å². The lowest BCUT2D eigenvalue weighted by atomic mass is 10.1. The molecule has 19 heavy (non-hydrogen) atoms. The van der Waals surface area contributed by atoms with Crippen LogP contribution in [0.3, 0.4) is 0 Å². The molecule has 1 aliphatic rings. The third-order valence-electron chi connectivity index (χ3n) is 3.26. The molecule has 0 spiro atoms. The van der Waals surface area contributed by atoms with E-state index in [0.29, 0.717) is 26.1 Å². The molecule has 0 saturated carbocycles. The third-order valence-corrected chi connectivity index (χ3v) is 5.77. The van der Waals surface area contributed by atoms with Gasteiger partial charge in [-0.3, -0.25) is 0 Å². The summed E-state index contributed by atoms with van der Waals surface area (Å²) >= 11 is 1.53. The average molecular weight is 304 g/mol. The molecule has 1 atom stereocenters. The highest BCUT2D eigenvalue weighted by molar-refractivity contribution is 7.87. The van der Waals surface area contributed by atoms with E-state index in [2.05, 4.69) is 9.71 Å². The summed E-state index contributed by atoms with van der Waals surface area (Å²) in [4.78, 5) is 4.13. The Morgan fingerprint density at radius 2 is 2.37 bits per heavy atom. The minimum Gasteiger partial charge on any atom is -0.329 e. The largest absolute Gasteiger partial charge is 0.329 e. The smallest absolute Gasteiger partial charge is 0.279 e. The van der Waals surface area contributed by atoms with Crippen molar-refractivity contribution in [2.75, 3.05) is 19.6 Å². The molecule has 0 bridgehead atoms. The Balaban J connectivity index is 1.89. The Morgan fingerprint density at radius 1 is 1.53 bits per heavy atom. The molecule has 8 heteroatoms. The van der Waals surface area contributed by atoms with Gasteiger partial charge in [0.1, 0.15) is 0 Å².